The van der Waals surface area contributed by atoms with Crippen LogP contribution in [0.2, 0.25) is 0 Å². The summed E-state index contributed by atoms with van der Waals surface area (Å²) in [6, 6.07) is 14.5. The fourth-order valence-electron chi connectivity index (χ4n) is 2.24. The van der Waals surface area contributed by atoms with Crippen molar-refractivity contribution >= 4 is 10.3 Å². The smallest absolute Gasteiger partial charge is 0.371 e. The van der Waals surface area contributed by atoms with Gasteiger partial charge in [0.05, 0.1) is 6.04 Å². The molecule has 0 amide bonds. The molecule has 0 bridgehead atoms. The highest BCUT2D eigenvalue weighted by molar-refractivity contribution is 7.85. The lowest BCUT2D eigenvalue weighted by Gasteiger charge is -2.26. The molecule has 0 aromatic heterocycles. The molecule has 0 unspecified atom stereocenters. The van der Waals surface area contributed by atoms with E-state index in [4.69, 9.17) is 4.18 Å². The summed E-state index contributed by atoms with van der Waals surface area (Å²) < 4.78 is 31.0. The van der Waals surface area contributed by atoms with Crippen LogP contribution in [0.25, 0.3) is 0 Å². The van der Waals surface area contributed by atoms with Crippen molar-refractivity contribution in [2.75, 3.05) is 0 Å². The van der Waals surface area contributed by atoms with Crippen molar-refractivity contribution in [2.24, 2.45) is 0 Å². The van der Waals surface area contributed by atoms with Crippen molar-refractivity contribution in [3.05, 3.63) is 65.2 Å². The first-order valence-electron chi connectivity index (χ1n) is 5.92. The number of benzene rings is 2. The molecule has 0 radical (unpaired) electrons. The van der Waals surface area contributed by atoms with E-state index in [2.05, 4.69) is 4.72 Å². The van der Waals surface area contributed by atoms with E-state index >= 15 is 0 Å². The van der Waals surface area contributed by atoms with Gasteiger partial charge in [-0.1, -0.05) is 48.0 Å². The zero-order valence-electron chi connectivity index (χ0n) is 10.3. The molecule has 0 fully saturated rings. The van der Waals surface area contributed by atoms with Crippen molar-refractivity contribution in [1.29, 1.82) is 0 Å². The van der Waals surface area contributed by atoms with Gasteiger partial charge in [-0.2, -0.15) is 13.1 Å². The molecule has 2 aromatic rings. The van der Waals surface area contributed by atoms with Gasteiger partial charge in [0.25, 0.3) is 0 Å². The Kier molecular flexibility index (Phi) is 2.80. The van der Waals surface area contributed by atoms with Gasteiger partial charge in [0, 0.05) is 5.56 Å². The number of nitrogens with one attached hydrogen (secondary N) is 1. The minimum absolute atomic E-state index is 0.382. The van der Waals surface area contributed by atoms with E-state index in [0.29, 0.717) is 5.75 Å². The summed E-state index contributed by atoms with van der Waals surface area (Å²) in [6.45, 7) is 1.98. The standard InChI is InChI=1S/C14H13NO3S/c1-10-5-4-6-11(9-10)14-12-7-2-3-8-13(12)18-19(16,17)15-14/h2-9,14-15H,1H3/t14-/m1/s1. The van der Waals surface area contributed by atoms with E-state index in [-0.39, 0.29) is 0 Å². The fourth-order valence-corrected chi connectivity index (χ4v) is 3.23. The Hall–Kier alpha value is -1.85. The Labute approximate surface area is 112 Å². The molecular formula is C14H13NO3S. The summed E-state index contributed by atoms with van der Waals surface area (Å²) in [6.07, 6.45) is 0. The average Bonchev–Trinajstić information content (AvgIpc) is 2.36. The van der Waals surface area contributed by atoms with Gasteiger partial charge in [-0.05, 0) is 18.6 Å². The number of hydrogen-bond donors (Lipinski definition) is 1. The summed E-state index contributed by atoms with van der Waals surface area (Å²) in [5.74, 6) is 0.382. The molecule has 4 nitrogen and oxygen atoms in total. The molecule has 1 atom stereocenters. The Morgan fingerprint density at radius 2 is 1.89 bits per heavy atom. The van der Waals surface area contributed by atoms with Crippen LogP contribution in [0.4, 0.5) is 0 Å². The number of para-hydroxylation sites is 1. The molecule has 0 aliphatic carbocycles. The molecule has 2 aromatic carbocycles. The quantitative estimate of drug-likeness (QED) is 0.869. The maximum absolute atomic E-state index is 11.7. The van der Waals surface area contributed by atoms with Gasteiger partial charge in [0.15, 0.2) is 0 Å². The number of fused-ring (bicyclic) bond motifs is 1. The van der Waals surface area contributed by atoms with E-state index in [0.717, 1.165) is 16.7 Å². The summed E-state index contributed by atoms with van der Waals surface area (Å²) in [4.78, 5) is 0. The average molecular weight is 275 g/mol. The van der Waals surface area contributed by atoms with Gasteiger partial charge < -0.3 is 4.18 Å². The zero-order valence-corrected chi connectivity index (χ0v) is 11.1. The van der Waals surface area contributed by atoms with E-state index in [1.54, 1.807) is 12.1 Å². The molecule has 1 heterocycles. The minimum atomic E-state index is -3.76. The number of aryl methyl sites for hydroxylation is 1. The number of rotatable bonds is 1. The summed E-state index contributed by atoms with van der Waals surface area (Å²) in [5, 5.41) is 0. The first-order chi connectivity index (χ1) is 9.05. The first-order valence-corrected chi connectivity index (χ1v) is 7.33. The Morgan fingerprint density at radius 1 is 1.11 bits per heavy atom. The Morgan fingerprint density at radius 3 is 2.68 bits per heavy atom. The third-order valence-corrected chi connectivity index (χ3v) is 3.99. The predicted octanol–water partition coefficient (Wildman–Crippen LogP) is 2.31. The zero-order chi connectivity index (χ0) is 13.5. The van der Waals surface area contributed by atoms with Crippen molar-refractivity contribution in [1.82, 2.24) is 4.72 Å². The van der Waals surface area contributed by atoms with Gasteiger partial charge in [0.1, 0.15) is 5.75 Å². The lowest BCUT2D eigenvalue weighted by atomic mass is 9.97. The third-order valence-electron chi connectivity index (χ3n) is 3.07. The van der Waals surface area contributed by atoms with Crippen LogP contribution in [-0.2, 0) is 10.3 Å². The molecule has 98 valence electrons. The van der Waals surface area contributed by atoms with E-state index in [1.807, 2.05) is 43.3 Å². The van der Waals surface area contributed by atoms with Gasteiger partial charge in [-0.3, -0.25) is 0 Å². The second-order valence-electron chi connectivity index (χ2n) is 4.54. The SMILES string of the molecule is Cc1cccc([C@H]2NS(=O)(=O)Oc3ccccc32)c1. The van der Waals surface area contributed by atoms with Crippen LogP contribution in [0, 0.1) is 6.92 Å². The highest BCUT2D eigenvalue weighted by atomic mass is 32.2. The fraction of sp³-hybridized carbons (Fsp3) is 0.143. The van der Waals surface area contributed by atoms with Crippen molar-refractivity contribution < 1.29 is 12.6 Å². The van der Waals surface area contributed by atoms with Crippen LogP contribution in [0.1, 0.15) is 22.7 Å². The maximum atomic E-state index is 11.7. The van der Waals surface area contributed by atoms with Crippen LogP contribution >= 0.6 is 0 Å². The van der Waals surface area contributed by atoms with Crippen LogP contribution in [0.5, 0.6) is 5.75 Å². The summed E-state index contributed by atoms with van der Waals surface area (Å²) in [7, 11) is -3.76. The van der Waals surface area contributed by atoms with Crippen molar-refractivity contribution in [3.63, 3.8) is 0 Å². The molecule has 3 rings (SSSR count). The normalized spacial score (nSPS) is 20.4. The molecule has 0 saturated carbocycles. The molecule has 0 saturated heterocycles. The highest BCUT2D eigenvalue weighted by Crippen LogP contribution is 2.34. The van der Waals surface area contributed by atoms with Crippen LogP contribution < -0.4 is 8.91 Å². The monoisotopic (exact) mass is 275 g/mol. The highest BCUT2D eigenvalue weighted by Gasteiger charge is 2.31. The Balaban J connectivity index is 2.16. The van der Waals surface area contributed by atoms with Gasteiger partial charge in [-0.15, -0.1) is 0 Å². The second kappa shape index (κ2) is 4.36. The molecule has 1 aliphatic rings. The Bertz CT molecular complexity index is 725. The van der Waals surface area contributed by atoms with Crippen LogP contribution in [0.3, 0.4) is 0 Å². The first kappa shape index (κ1) is 12.2. The van der Waals surface area contributed by atoms with Crippen molar-refractivity contribution in [3.8, 4) is 5.75 Å². The van der Waals surface area contributed by atoms with E-state index < -0.39 is 16.3 Å². The second-order valence-corrected chi connectivity index (χ2v) is 5.85. The van der Waals surface area contributed by atoms with Gasteiger partial charge >= 0.3 is 10.3 Å². The third kappa shape index (κ3) is 2.34. The predicted molar refractivity (Wildman–Crippen MR) is 72.1 cm³/mol. The molecule has 5 heteroatoms. The molecular weight excluding hydrogens is 262 g/mol. The van der Waals surface area contributed by atoms with E-state index in [9.17, 15) is 8.42 Å². The topological polar surface area (TPSA) is 55.4 Å². The van der Waals surface area contributed by atoms with Crippen LogP contribution in [-0.4, -0.2) is 8.42 Å². The van der Waals surface area contributed by atoms with E-state index in [1.165, 1.54) is 0 Å². The summed E-state index contributed by atoms with van der Waals surface area (Å²) >= 11 is 0. The van der Waals surface area contributed by atoms with Crippen molar-refractivity contribution in [2.45, 2.75) is 13.0 Å². The molecule has 1 N–H and O–H groups in total. The number of hydrogen-bond acceptors (Lipinski definition) is 3. The summed E-state index contributed by atoms with van der Waals surface area (Å²) in [5.41, 5.74) is 2.81. The van der Waals surface area contributed by atoms with Crippen LogP contribution in [0.15, 0.2) is 48.5 Å². The lowest BCUT2D eigenvalue weighted by molar-refractivity contribution is 0.441. The molecule has 19 heavy (non-hydrogen) atoms. The maximum Gasteiger partial charge on any atom is 0.383 e. The van der Waals surface area contributed by atoms with Gasteiger partial charge in [0.2, 0.25) is 0 Å². The largest absolute Gasteiger partial charge is 0.383 e. The molecule has 1 aliphatic heterocycles. The van der Waals surface area contributed by atoms with Gasteiger partial charge in [-0.25, -0.2) is 0 Å². The molecule has 0 spiro atoms. The lowest BCUT2D eigenvalue weighted by Crippen LogP contribution is -2.37. The minimum Gasteiger partial charge on any atom is -0.371 e.